The second-order valence-corrected chi connectivity index (χ2v) is 17.9. The fourth-order valence-electron chi connectivity index (χ4n) is 8.48. The van der Waals surface area contributed by atoms with Gasteiger partial charge in [-0.25, -0.2) is 4.39 Å². The van der Waals surface area contributed by atoms with E-state index in [0.717, 1.165) is 54.0 Å². The van der Waals surface area contributed by atoms with Gasteiger partial charge in [0.25, 0.3) is 11.8 Å². The van der Waals surface area contributed by atoms with E-state index in [-0.39, 0.29) is 59.0 Å². The van der Waals surface area contributed by atoms with Crippen LogP contribution in [0.15, 0.2) is 169 Å². The Balaban J connectivity index is 0.000000228. The van der Waals surface area contributed by atoms with Crippen molar-refractivity contribution >= 4 is 52.2 Å². The van der Waals surface area contributed by atoms with Crippen LogP contribution in [0.1, 0.15) is 63.1 Å². The minimum absolute atomic E-state index is 0.194. The standard InChI is InChI=1S/C35H27FN2O4S2.C19H20O2/c36-25-16-14-23(15-17-25)32(39)29-12-6-7-13-30(29)34(41)38-20-27(18-26(38)19-31-33(40)37-35(43)44-31)42-21-24-10-4-5-11-28(24)22-8-2-1-3-9-22;20-13-15-10-11-18(12-15)21-14-17-8-4-5-9-19(17)16-6-2-1-3-7-16/h1-17,19,26-27H,18,20-21H2,(H,37,40,43);1-9,13,15,18H,10-12,14H2/b31-19-;/t26-,27+;/m0./s1. The molecule has 0 aromatic heterocycles. The van der Waals surface area contributed by atoms with Gasteiger partial charge in [-0.2, -0.15) is 0 Å². The summed E-state index contributed by atoms with van der Waals surface area (Å²) in [6, 6.07) is 48.2. The number of halogens is 1. The molecule has 0 spiro atoms. The molecule has 1 saturated carbocycles. The number of hydrogen-bond acceptors (Lipinski definition) is 8. The first kappa shape index (κ1) is 45.2. The third-order valence-electron chi connectivity index (χ3n) is 11.8. The Morgan fingerprint density at radius 1 is 0.692 bits per heavy atom. The zero-order valence-electron chi connectivity index (χ0n) is 35.5. The second-order valence-electron chi connectivity index (χ2n) is 16.1. The van der Waals surface area contributed by atoms with Gasteiger partial charge in [0.2, 0.25) is 0 Å². The molecule has 2 amide bonds. The lowest BCUT2D eigenvalue weighted by Gasteiger charge is -2.23. The molecule has 0 radical (unpaired) electrons. The summed E-state index contributed by atoms with van der Waals surface area (Å²) < 4.78 is 26.3. The van der Waals surface area contributed by atoms with Crippen LogP contribution in [0.5, 0.6) is 0 Å². The van der Waals surface area contributed by atoms with Crippen molar-refractivity contribution < 1.29 is 33.0 Å². The van der Waals surface area contributed by atoms with Crippen molar-refractivity contribution in [1.29, 1.82) is 0 Å². The maximum Gasteiger partial charge on any atom is 0.263 e. The van der Waals surface area contributed by atoms with E-state index in [1.165, 1.54) is 41.0 Å². The number of nitrogens with zero attached hydrogens (tertiary/aromatic N) is 1. The maximum absolute atomic E-state index is 14.1. The molecule has 3 fully saturated rings. The molecular weight excluding hydrogens is 856 g/mol. The summed E-state index contributed by atoms with van der Waals surface area (Å²) in [4.78, 5) is 52.9. The highest BCUT2D eigenvalue weighted by Gasteiger charge is 2.38. The van der Waals surface area contributed by atoms with Crippen molar-refractivity contribution in [2.75, 3.05) is 6.54 Å². The Hall–Kier alpha value is -6.37. The number of aldehydes is 1. The fraction of sp³-hybridized carbons (Fsp3) is 0.204. The molecule has 2 aliphatic heterocycles. The van der Waals surface area contributed by atoms with Gasteiger partial charge in [-0.1, -0.05) is 151 Å². The van der Waals surface area contributed by atoms with Crippen molar-refractivity contribution in [3.05, 3.63) is 202 Å². The number of hydrogen-bond donors (Lipinski definition) is 1. The van der Waals surface area contributed by atoms with Gasteiger partial charge in [0.05, 0.1) is 41.9 Å². The molecule has 2 heterocycles. The summed E-state index contributed by atoms with van der Waals surface area (Å²) in [7, 11) is 0. The smallest absolute Gasteiger partial charge is 0.263 e. The third-order valence-corrected chi connectivity index (χ3v) is 13.0. The van der Waals surface area contributed by atoms with Gasteiger partial charge in [-0.05, 0) is 95.5 Å². The van der Waals surface area contributed by atoms with Crippen LogP contribution in [0.2, 0.25) is 0 Å². The number of thioether (sulfide) groups is 1. The average Bonchev–Trinajstić information content (AvgIpc) is 4.08. The zero-order valence-corrected chi connectivity index (χ0v) is 37.1. The lowest BCUT2D eigenvalue weighted by Crippen LogP contribution is -2.36. The maximum atomic E-state index is 14.1. The van der Waals surface area contributed by atoms with Gasteiger partial charge in [-0.15, -0.1) is 0 Å². The largest absolute Gasteiger partial charge is 0.373 e. The minimum Gasteiger partial charge on any atom is -0.373 e. The average molecular weight is 903 g/mol. The van der Waals surface area contributed by atoms with Gasteiger partial charge in [0, 0.05) is 23.6 Å². The first-order valence-corrected chi connectivity index (χ1v) is 22.9. The van der Waals surface area contributed by atoms with Crippen LogP contribution < -0.4 is 5.32 Å². The SMILES string of the molecule is O=C1NC(=S)S/C1=C\[C@@H]1C[C@@H](OCc2ccccc2-c2ccccc2)CN1C(=O)c1ccccc1C(=O)c1ccc(F)cc1.O=CC1CCC(OCc2ccccc2-c2ccccc2)C1. The second kappa shape index (κ2) is 21.5. The molecule has 1 N–H and O–H groups in total. The van der Waals surface area contributed by atoms with Crippen molar-refractivity contribution in [2.45, 2.75) is 57.1 Å². The molecule has 11 heteroatoms. The molecule has 2 saturated heterocycles. The Kier molecular flexibility index (Phi) is 15.0. The van der Waals surface area contributed by atoms with Crippen LogP contribution in [-0.2, 0) is 32.3 Å². The Labute approximate surface area is 387 Å². The summed E-state index contributed by atoms with van der Waals surface area (Å²) >= 11 is 6.32. The van der Waals surface area contributed by atoms with E-state index in [1.54, 1.807) is 35.2 Å². The van der Waals surface area contributed by atoms with Crippen molar-refractivity contribution in [3.8, 4) is 22.3 Å². The first-order chi connectivity index (χ1) is 31.7. The molecule has 0 bridgehead atoms. The minimum atomic E-state index is -0.472. The molecular formula is C54H47FN2O6S2. The normalized spacial score (nSPS) is 19.7. The van der Waals surface area contributed by atoms with E-state index in [1.807, 2.05) is 48.5 Å². The molecule has 3 aliphatic rings. The van der Waals surface area contributed by atoms with E-state index in [0.29, 0.717) is 28.9 Å². The van der Waals surface area contributed by atoms with E-state index < -0.39 is 11.9 Å². The number of benzene rings is 6. The van der Waals surface area contributed by atoms with Gasteiger partial charge in [0.1, 0.15) is 16.4 Å². The van der Waals surface area contributed by atoms with E-state index >= 15 is 0 Å². The van der Waals surface area contributed by atoms with Crippen molar-refractivity contribution in [3.63, 3.8) is 0 Å². The van der Waals surface area contributed by atoms with Crippen LogP contribution in [0, 0.1) is 11.7 Å². The Bertz CT molecular complexity index is 2690. The first-order valence-electron chi connectivity index (χ1n) is 21.6. The number of rotatable bonds is 13. The molecule has 6 aromatic rings. The highest BCUT2D eigenvalue weighted by atomic mass is 32.2. The van der Waals surface area contributed by atoms with Gasteiger partial charge >= 0.3 is 0 Å². The van der Waals surface area contributed by atoms with Crippen LogP contribution in [0.3, 0.4) is 0 Å². The molecule has 328 valence electrons. The van der Waals surface area contributed by atoms with E-state index in [4.69, 9.17) is 21.7 Å². The number of ether oxygens (including phenoxy) is 2. The van der Waals surface area contributed by atoms with Crippen LogP contribution in [0.25, 0.3) is 22.3 Å². The number of thiocarbonyl (C=S) groups is 1. The predicted molar refractivity (Wildman–Crippen MR) is 256 cm³/mol. The molecule has 6 aromatic carbocycles. The third kappa shape index (κ3) is 11.3. The van der Waals surface area contributed by atoms with Gasteiger partial charge in [0.15, 0.2) is 5.78 Å². The molecule has 8 nitrogen and oxygen atoms in total. The summed E-state index contributed by atoms with van der Waals surface area (Å²) in [6.07, 6.45) is 6.01. The van der Waals surface area contributed by atoms with Crippen molar-refractivity contribution in [2.24, 2.45) is 5.92 Å². The lowest BCUT2D eigenvalue weighted by atomic mass is 9.97. The van der Waals surface area contributed by atoms with Gasteiger partial charge < -0.3 is 24.5 Å². The number of amides is 2. The summed E-state index contributed by atoms with van der Waals surface area (Å²) in [5.41, 5.74) is 7.53. The molecule has 1 aliphatic carbocycles. The topological polar surface area (TPSA) is 102 Å². The Morgan fingerprint density at radius 2 is 1.25 bits per heavy atom. The summed E-state index contributed by atoms with van der Waals surface area (Å²) in [6.45, 7) is 1.21. The molecule has 2 unspecified atom stereocenters. The van der Waals surface area contributed by atoms with E-state index in [9.17, 15) is 23.6 Å². The monoisotopic (exact) mass is 902 g/mol. The van der Waals surface area contributed by atoms with E-state index in [2.05, 4.69) is 66.0 Å². The zero-order chi connectivity index (χ0) is 45.1. The van der Waals surface area contributed by atoms with Crippen LogP contribution in [0.4, 0.5) is 4.39 Å². The highest BCUT2D eigenvalue weighted by molar-refractivity contribution is 8.26. The number of nitrogens with one attached hydrogen (secondary N) is 1. The molecule has 4 atom stereocenters. The summed E-state index contributed by atoms with van der Waals surface area (Å²) in [5, 5.41) is 2.62. The predicted octanol–water partition coefficient (Wildman–Crippen LogP) is 10.8. The Morgan fingerprint density at radius 3 is 1.82 bits per heavy atom. The van der Waals surface area contributed by atoms with Crippen molar-refractivity contribution in [1.82, 2.24) is 10.2 Å². The summed E-state index contributed by atoms with van der Waals surface area (Å²) in [5.74, 6) is -1.31. The lowest BCUT2D eigenvalue weighted by molar-refractivity contribution is -0.115. The fourth-order valence-corrected chi connectivity index (χ4v) is 9.56. The number of carbonyl (C=O) groups excluding carboxylic acids is 4. The molecule has 9 rings (SSSR count). The quantitative estimate of drug-likeness (QED) is 0.0529. The van der Waals surface area contributed by atoms with Gasteiger partial charge in [-0.3, -0.25) is 14.4 Å². The number of likely N-dealkylation sites (tertiary alicyclic amines) is 1. The molecule has 65 heavy (non-hydrogen) atoms. The van der Waals surface area contributed by atoms with Crippen LogP contribution in [-0.4, -0.2) is 57.9 Å². The number of ketones is 1. The highest BCUT2D eigenvalue weighted by Crippen LogP contribution is 2.33. The number of carbonyl (C=O) groups is 4. The van der Waals surface area contributed by atoms with Crippen LogP contribution >= 0.6 is 24.0 Å².